The molecule has 1 aromatic rings. The fourth-order valence-electron chi connectivity index (χ4n) is 2.31. The first-order chi connectivity index (χ1) is 7.81. The molecule has 0 aliphatic carbocycles. The number of anilines is 1. The van der Waals surface area contributed by atoms with Crippen LogP contribution in [-0.2, 0) is 13.5 Å². The first-order valence-corrected chi connectivity index (χ1v) is 6.29. The Kier molecular flexibility index (Phi) is 3.83. The first-order valence-electron chi connectivity index (χ1n) is 6.29. The maximum atomic E-state index is 4.52. The zero-order valence-corrected chi connectivity index (χ0v) is 10.4. The zero-order valence-electron chi connectivity index (χ0n) is 10.4. The smallest absolute Gasteiger partial charge is 0.0855 e. The van der Waals surface area contributed by atoms with Gasteiger partial charge in [-0.1, -0.05) is 6.92 Å². The van der Waals surface area contributed by atoms with Crippen LogP contribution in [0.2, 0.25) is 0 Å². The number of rotatable bonds is 2. The van der Waals surface area contributed by atoms with Crippen molar-refractivity contribution < 1.29 is 0 Å². The molecular weight excluding hydrogens is 200 g/mol. The third kappa shape index (κ3) is 2.55. The molecule has 1 N–H and O–H groups in total. The van der Waals surface area contributed by atoms with E-state index in [1.54, 1.807) is 0 Å². The second-order valence-corrected chi connectivity index (χ2v) is 4.43. The predicted molar refractivity (Wildman–Crippen MR) is 66.9 cm³/mol. The Morgan fingerprint density at radius 2 is 2.00 bits per heavy atom. The molecule has 0 spiro atoms. The molecule has 16 heavy (non-hydrogen) atoms. The Balaban J connectivity index is 2.13. The van der Waals surface area contributed by atoms with Crippen molar-refractivity contribution in [3.05, 3.63) is 11.9 Å². The summed E-state index contributed by atoms with van der Waals surface area (Å²) in [5.74, 6) is 0. The van der Waals surface area contributed by atoms with E-state index in [-0.39, 0.29) is 0 Å². The van der Waals surface area contributed by atoms with Gasteiger partial charge in [-0.3, -0.25) is 4.68 Å². The van der Waals surface area contributed by atoms with Crippen LogP contribution in [0.1, 0.15) is 25.5 Å². The summed E-state index contributed by atoms with van der Waals surface area (Å²) < 4.78 is 1.94. The largest absolute Gasteiger partial charge is 0.369 e. The molecule has 1 aromatic heterocycles. The number of aromatic nitrogens is 2. The van der Waals surface area contributed by atoms with Crippen LogP contribution in [0, 0.1) is 0 Å². The van der Waals surface area contributed by atoms with Gasteiger partial charge in [-0.05, 0) is 32.4 Å². The van der Waals surface area contributed by atoms with Crippen molar-refractivity contribution in [2.75, 3.05) is 31.1 Å². The molecule has 2 rings (SSSR count). The Morgan fingerprint density at radius 1 is 1.31 bits per heavy atom. The summed E-state index contributed by atoms with van der Waals surface area (Å²) in [6, 6.07) is 0. The normalized spacial score (nSPS) is 18.2. The molecule has 1 saturated heterocycles. The molecule has 0 atom stereocenters. The highest BCUT2D eigenvalue weighted by Gasteiger charge is 2.14. The number of nitrogens with one attached hydrogen (secondary N) is 1. The van der Waals surface area contributed by atoms with Gasteiger partial charge in [0, 0.05) is 26.3 Å². The Bertz CT molecular complexity index is 324. The van der Waals surface area contributed by atoms with Gasteiger partial charge in [0.1, 0.15) is 0 Å². The van der Waals surface area contributed by atoms with Gasteiger partial charge in [-0.15, -0.1) is 0 Å². The van der Waals surface area contributed by atoms with Crippen molar-refractivity contribution in [1.29, 1.82) is 0 Å². The highest BCUT2D eigenvalue weighted by molar-refractivity contribution is 5.49. The summed E-state index contributed by atoms with van der Waals surface area (Å²) in [5.41, 5.74) is 2.57. The summed E-state index contributed by atoms with van der Waals surface area (Å²) in [7, 11) is 2.01. The third-order valence-corrected chi connectivity index (χ3v) is 3.12. The topological polar surface area (TPSA) is 33.1 Å². The SMILES string of the molecule is CCc1nn(C)cc1N1CCCNCCC1. The maximum absolute atomic E-state index is 4.52. The molecule has 1 aliphatic heterocycles. The maximum Gasteiger partial charge on any atom is 0.0855 e. The van der Waals surface area contributed by atoms with Crippen molar-refractivity contribution >= 4 is 5.69 Å². The van der Waals surface area contributed by atoms with E-state index >= 15 is 0 Å². The van der Waals surface area contributed by atoms with E-state index in [9.17, 15) is 0 Å². The van der Waals surface area contributed by atoms with E-state index in [0.717, 1.165) is 32.6 Å². The molecule has 4 nitrogen and oxygen atoms in total. The molecule has 0 unspecified atom stereocenters. The molecule has 4 heteroatoms. The zero-order chi connectivity index (χ0) is 11.4. The van der Waals surface area contributed by atoms with Crippen LogP contribution in [0.5, 0.6) is 0 Å². The molecule has 0 aromatic carbocycles. The van der Waals surface area contributed by atoms with Gasteiger partial charge in [0.05, 0.1) is 11.4 Å². The van der Waals surface area contributed by atoms with Crippen LogP contribution in [0.25, 0.3) is 0 Å². The number of aryl methyl sites for hydroxylation is 2. The fraction of sp³-hybridized carbons (Fsp3) is 0.750. The van der Waals surface area contributed by atoms with E-state index in [1.165, 1.54) is 24.2 Å². The molecule has 0 radical (unpaired) electrons. The Morgan fingerprint density at radius 3 is 2.62 bits per heavy atom. The van der Waals surface area contributed by atoms with E-state index in [2.05, 4.69) is 28.4 Å². The number of hydrogen-bond donors (Lipinski definition) is 1. The van der Waals surface area contributed by atoms with Crippen molar-refractivity contribution in [1.82, 2.24) is 15.1 Å². The summed E-state index contributed by atoms with van der Waals surface area (Å²) >= 11 is 0. The van der Waals surface area contributed by atoms with Crippen molar-refractivity contribution in [2.24, 2.45) is 7.05 Å². The van der Waals surface area contributed by atoms with Crippen LogP contribution >= 0.6 is 0 Å². The number of hydrogen-bond acceptors (Lipinski definition) is 3. The molecule has 1 aliphatic rings. The molecule has 90 valence electrons. The van der Waals surface area contributed by atoms with E-state index in [0.29, 0.717) is 0 Å². The lowest BCUT2D eigenvalue weighted by molar-refractivity contribution is 0.566. The van der Waals surface area contributed by atoms with Crippen molar-refractivity contribution in [3.63, 3.8) is 0 Å². The Hall–Kier alpha value is -1.03. The minimum atomic E-state index is 1.02. The van der Waals surface area contributed by atoms with Crippen LogP contribution in [0.15, 0.2) is 6.20 Å². The first kappa shape index (κ1) is 11.5. The average molecular weight is 222 g/mol. The predicted octanol–water partition coefficient (Wildman–Crippen LogP) is 1.17. The van der Waals surface area contributed by atoms with Crippen LogP contribution in [-0.4, -0.2) is 36.0 Å². The van der Waals surface area contributed by atoms with Gasteiger partial charge in [0.15, 0.2) is 0 Å². The summed E-state index contributed by atoms with van der Waals surface area (Å²) in [6.07, 6.45) is 5.62. The van der Waals surface area contributed by atoms with Gasteiger partial charge in [0.2, 0.25) is 0 Å². The van der Waals surface area contributed by atoms with Gasteiger partial charge in [-0.25, -0.2) is 0 Å². The molecule has 1 fully saturated rings. The van der Waals surface area contributed by atoms with E-state index in [1.807, 2.05) is 11.7 Å². The number of nitrogens with zero attached hydrogens (tertiary/aromatic N) is 3. The minimum Gasteiger partial charge on any atom is -0.369 e. The van der Waals surface area contributed by atoms with Gasteiger partial charge >= 0.3 is 0 Å². The lowest BCUT2D eigenvalue weighted by Crippen LogP contribution is -2.34. The molecule has 0 saturated carbocycles. The minimum absolute atomic E-state index is 1.02. The molecule has 0 amide bonds. The fourth-order valence-corrected chi connectivity index (χ4v) is 2.31. The third-order valence-electron chi connectivity index (χ3n) is 3.12. The van der Waals surface area contributed by atoms with E-state index < -0.39 is 0 Å². The quantitative estimate of drug-likeness (QED) is 0.815. The van der Waals surface area contributed by atoms with Gasteiger partial charge in [0.25, 0.3) is 0 Å². The van der Waals surface area contributed by atoms with Crippen LogP contribution in [0.3, 0.4) is 0 Å². The highest BCUT2D eigenvalue weighted by atomic mass is 15.3. The molecular formula is C12H22N4. The summed E-state index contributed by atoms with van der Waals surface area (Å²) in [4.78, 5) is 2.49. The molecule has 0 bridgehead atoms. The van der Waals surface area contributed by atoms with E-state index in [4.69, 9.17) is 0 Å². The van der Waals surface area contributed by atoms with Crippen LogP contribution < -0.4 is 10.2 Å². The standard InChI is InChI=1S/C12H22N4/c1-3-11-12(10-15(2)14-11)16-8-4-6-13-7-5-9-16/h10,13H,3-9H2,1-2H3. The van der Waals surface area contributed by atoms with Gasteiger partial charge in [-0.2, -0.15) is 5.10 Å². The second kappa shape index (κ2) is 5.34. The Labute approximate surface area is 97.6 Å². The highest BCUT2D eigenvalue weighted by Crippen LogP contribution is 2.20. The summed E-state index contributed by atoms with van der Waals surface area (Å²) in [6.45, 7) is 6.74. The van der Waals surface area contributed by atoms with Crippen molar-refractivity contribution in [2.45, 2.75) is 26.2 Å². The second-order valence-electron chi connectivity index (χ2n) is 4.43. The summed E-state index contributed by atoms with van der Waals surface area (Å²) in [5, 5.41) is 7.96. The van der Waals surface area contributed by atoms with Crippen molar-refractivity contribution in [3.8, 4) is 0 Å². The monoisotopic (exact) mass is 222 g/mol. The molecule has 2 heterocycles. The lowest BCUT2D eigenvalue weighted by Gasteiger charge is -2.26. The lowest BCUT2D eigenvalue weighted by atomic mass is 10.2. The average Bonchev–Trinajstić information content (AvgIpc) is 2.59. The van der Waals surface area contributed by atoms with Crippen LogP contribution in [0.4, 0.5) is 5.69 Å². The van der Waals surface area contributed by atoms with Gasteiger partial charge < -0.3 is 10.2 Å².